The van der Waals surface area contributed by atoms with E-state index in [1.54, 1.807) is 0 Å². The number of amides is 1. The van der Waals surface area contributed by atoms with Crippen molar-refractivity contribution >= 4 is 11.9 Å². The van der Waals surface area contributed by atoms with Crippen molar-refractivity contribution in [2.45, 2.75) is 18.8 Å². The maximum atomic E-state index is 11.2. The molecule has 0 saturated carbocycles. The second kappa shape index (κ2) is 4.97. The van der Waals surface area contributed by atoms with Crippen LogP contribution in [-0.2, 0) is 25.7 Å². The molecule has 1 aliphatic heterocycles. The molecule has 2 atom stereocenters. The minimum Gasteiger partial charge on any atom is -0.467 e. The quantitative estimate of drug-likeness (QED) is 0.600. The summed E-state index contributed by atoms with van der Waals surface area (Å²) in [5.41, 5.74) is 0.954. The van der Waals surface area contributed by atoms with Crippen molar-refractivity contribution in [3.05, 3.63) is 35.9 Å². The summed E-state index contributed by atoms with van der Waals surface area (Å²) in [6.07, 6.45) is -0.748. The van der Waals surface area contributed by atoms with Gasteiger partial charge in [-0.25, -0.2) is 4.79 Å². The fourth-order valence-electron chi connectivity index (χ4n) is 1.61. The summed E-state index contributed by atoms with van der Waals surface area (Å²) in [5, 5.41) is 2.44. The number of methoxy groups -OCH3 is 1. The average molecular weight is 235 g/mol. The molecule has 0 spiro atoms. The third-order valence-electron chi connectivity index (χ3n) is 2.59. The molecule has 0 bridgehead atoms. The van der Waals surface area contributed by atoms with Gasteiger partial charge in [0.1, 0.15) is 0 Å². The lowest BCUT2D eigenvalue weighted by Crippen LogP contribution is -2.66. The zero-order chi connectivity index (χ0) is 12.3. The van der Waals surface area contributed by atoms with Crippen LogP contribution in [0.15, 0.2) is 30.3 Å². The highest BCUT2D eigenvalue weighted by Gasteiger charge is 2.45. The highest BCUT2D eigenvalue weighted by Crippen LogP contribution is 2.14. The minimum atomic E-state index is -0.748. The lowest BCUT2D eigenvalue weighted by atomic mass is 10.0. The van der Waals surface area contributed by atoms with Crippen LogP contribution in [0.4, 0.5) is 0 Å². The summed E-state index contributed by atoms with van der Waals surface area (Å²) < 4.78 is 9.95. The van der Waals surface area contributed by atoms with E-state index in [9.17, 15) is 9.59 Å². The van der Waals surface area contributed by atoms with Crippen molar-refractivity contribution in [1.29, 1.82) is 0 Å². The van der Waals surface area contributed by atoms with Gasteiger partial charge in [-0.05, 0) is 5.56 Å². The van der Waals surface area contributed by atoms with Gasteiger partial charge in [0.15, 0.2) is 12.1 Å². The van der Waals surface area contributed by atoms with Crippen LogP contribution in [0, 0.1) is 0 Å². The molecule has 1 heterocycles. The number of ether oxygens (including phenoxy) is 2. The van der Waals surface area contributed by atoms with Crippen LogP contribution < -0.4 is 5.32 Å². The normalized spacial score (nSPS) is 22.5. The monoisotopic (exact) mass is 235 g/mol. The Hall–Kier alpha value is -1.88. The minimum absolute atomic E-state index is 0.281. The lowest BCUT2D eigenvalue weighted by Gasteiger charge is -2.33. The molecule has 1 aromatic carbocycles. The summed E-state index contributed by atoms with van der Waals surface area (Å²) in [6.45, 7) is 0.298. The number of nitrogens with one attached hydrogen (secondary N) is 1. The van der Waals surface area contributed by atoms with Gasteiger partial charge in [-0.15, -0.1) is 0 Å². The maximum Gasteiger partial charge on any atom is 0.331 e. The smallest absolute Gasteiger partial charge is 0.331 e. The molecule has 1 saturated heterocycles. The van der Waals surface area contributed by atoms with E-state index in [4.69, 9.17) is 4.74 Å². The number of benzene rings is 1. The van der Waals surface area contributed by atoms with Crippen molar-refractivity contribution in [2.24, 2.45) is 0 Å². The number of hydrogen-bond donors (Lipinski definition) is 1. The van der Waals surface area contributed by atoms with Gasteiger partial charge < -0.3 is 14.8 Å². The van der Waals surface area contributed by atoms with Gasteiger partial charge in [-0.2, -0.15) is 0 Å². The van der Waals surface area contributed by atoms with Crippen LogP contribution >= 0.6 is 0 Å². The van der Waals surface area contributed by atoms with Crippen molar-refractivity contribution in [1.82, 2.24) is 5.32 Å². The largest absolute Gasteiger partial charge is 0.467 e. The van der Waals surface area contributed by atoms with E-state index in [0.717, 1.165) is 5.56 Å². The zero-order valence-corrected chi connectivity index (χ0v) is 9.38. The first kappa shape index (κ1) is 11.6. The highest BCUT2D eigenvalue weighted by atomic mass is 16.5. The van der Waals surface area contributed by atoms with Crippen LogP contribution in [-0.4, -0.2) is 31.1 Å². The Morgan fingerprint density at radius 3 is 2.65 bits per heavy atom. The molecule has 5 nitrogen and oxygen atoms in total. The fourth-order valence-corrected chi connectivity index (χ4v) is 1.61. The Bertz CT molecular complexity index is 418. The van der Waals surface area contributed by atoms with Crippen LogP contribution in [0.2, 0.25) is 0 Å². The molecule has 17 heavy (non-hydrogen) atoms. The van der Waals surface area contributed by atoms with Gasteiger partial charge in [0.2, 0.25) is 0 Å². The summed E-state index contributed by atoms with van der Waals surface area (Å²) in [4.78, 5) is 22.5. The zero-order valence-electron chi connectivity index (χ0n) is 9.38. The number of rotatable bonds is 4. The molecular formula is C12H13NO4. The summed E-state index contributed by atoms with van der Waals surface area (Å²) in [5.74, 6) is -0.765. The van der Waals surface area contributed by atoms with Crippen molar-refractivity contribution in [3.63, 3.8) is 0 Å². The Morgan fingerprint density at radius 1 is 1.35 bits per heavy atom. The molecular weight excluding hydrogens is 222 g/mol. The lowest BCUT2D eigenvalue weighted by molar-refractivity contribution is -0.166. The van der Waals surface area contributed by atoms with Gasteiger partial charge in [-0.3, -0.25) is 4.79 Å². The second-order valence-corrected chi connectivity index (χ2v) is 3.73. The van der Waals surface area contributed by atoms with Crippen molar-refractivity contribution < 1.29 is 19.1 Å². The molecule has 1 amide bonds. The molecule has 2 rings (SSSR count). The number of carbonyl (C=O) groups excluding carboxylic acids is 2. The van der Waals surface area contributed by atoms with E-state index in [0.29, 0.717) is 6.61 Å². The molecule has 90 valence electrons. The fraction of sp³-hybridized carbons (Fsp3) is 0.333. The maximum absolute atomic E-state index is 11.2. The van der Waals surface area contributed by atoms with E-state index in [1.807, 2.05) is 30.3 Å². The predicted octanol–water partition coefficient (Wildman–Crippen LogP) is 0.243. The van der Waals surface area contributed by atoms with E-state index in [2.05, 4.69) is 10.1 Å². The number of β-lactam (4-membered cyclic amide) rings is 1. The summed E-state index contributed by atoms with van der Waals surface area (Å²) in [7, 11) is 1.28. The highest BCUT2D eigenvalue weighted by molar-refractivity contribution is 5.99. The number of hydrogen-bond acceptors (Lipinski definition) is 4. The molecule has 1 fully saturated rings. The number of esters is 1. The van der Waals surface area contributed by atoms with Gasteiger partial charge in [0.25, 0.3) is 5.91 Å². The topological polar surface area (TPSA) is 64.6 Å². The first-order valence-corrected chi connectivity index (χ1v) is 5.26. The Balaban J connectivity index is 1.90. The van der Waals surface area contributed by atoms with Crippen LogP contribution in [0.5, 0.6) is 0 Å². The molecule has 5 heteroatoms. The molecule has 0 aromatic heterocycles. The van der Waals surface area contributed by atoms with E-state index in [1.165, 1.54) is 7.11 Å². The predicted molar refractivity (Wildman–Crippen MR) is 59.0 cm³/mol. The van der Waals surface area contributed by atoms with Crippen molar-refractivity contribution in [2.75, 3.05) is 7.11 Å². The average Bonchev–Trinajstić information content (AvgIpc) is 2.36. The van der Waals surface area contributed by atoms with Crippen molar-refractivity contribution in [3.8, 4) is 0 Å². The van der Waals surface area contributed by atoms with Crippen LogP contribution in [0.3, 0.4) is 0 Å². The summed E-state index contributed by atoms with van der Waals surface area (Å²) in [6, 6.07) is 8.77. The van der Waals surface area contributed by atoms with Gasteiger partial charge in [-0.1, -0.05) is 30.3 Å². The Morgan fingerprint density at radius 2 is 2.06 bits per heavy atom. The third-order valence-corrected chi connectivity index (χ3v) is 2.59. The number of carbonyl (C=O) groups is 2. The molecule has 1 N–H and O–H groups in total. The van der Waals surface area contributed by atoms with E-state index >= 15 is 0 Å². The van der Waals surface area contributed by atoms with E-state index in [-0.39, 0.29) is 5.91 Å². The Labute approximate surface area is 98.7 Å². The van der Waals surface area contributed by atoms with Gasteiger partial charge in [0.05, 0.1) is 13.7 Å². The SMILES string of the molecule is COC(=O)[C@@H]1NC(=O)[C@@H]1OCc1ccccc1. The van der Waals surface area contributed by atoms with Crippen LogP contribution in [0.1, 0.15) is 5.56 Å². The first-order valence-electron chi connectivity index (χ1n) is 5.26. The molecule has 0 unspecified atom stereocenters. The third kappa shape index (κ3) is 2.45. The molecule has 1 aliphatic rings. The van der Waals surface area contributed by atoms with E-state index < -0.39 is 18.1 Å². The molecule has 1 aromatic rings. The second-order valence-electron chi connectivity index (χ2n) is 3.73. The molecule has 0 radical (unpaired) electrons. The van der Waals surface area contributed by atoms with Crippen LogP contribution in [0.25, 0.3) is 0 Å². The standard InChI is InChI=1S/C12H13NO4/c1-16-12(15)9-10(11(14)13-9)17-7-8-5-3-2-4-6-8/h2-6,9-10H,7H2,1H3,(H,13,14)/t9-,10-/m1/s1. The summed E-state index contributed by atoms with van der Waals surface area (Å²) >= 11 is 0. The Kier molecular flexibility index (Phi) is 3.39. The van der Waals surface area contributed by atoms with Gasteiger partial charge >= 0.3 is 5.97 Å². The first-order chi connectivity index (χ1) is 8.22. The molecule has 0 aliphatic carbocycles. The van der Waals surface area contributed by atoms with Gasteiger partial charge in [0, 0.05) is 0 Å².